The smallest absolute Gasteiger partial charge is 0.284 e. The summed E-state index contributed by atoms with van der Waals surface area (Å²) in [6.07, 6.45) is -5.09. The zero-order valence-corrected chi connectivity index (χ0v) is 10.0. The molecule has 1 nitrogen and oxygen atoms in total. The van der Waals surface area contributed by atoms with Crippen LogP contribution in [0.1, 0.15) is 10.4 Å². The first kappa shape index (κ1) is 12.6. The molecule has 0 aromatic heterocycles. The fraction of sp³-hybridized carbons (Fsp3) is 0.125. The van der Waals surface area contributed by atoms with Gasteiger partial charge in [-0.05, 0) is 44.0 Å². The third-order valence-corrected chi connectivity index (χ3v) is 3.55. The zero-order valence-electron chi connectivity index (χ0n) is 6.83. The Morgan fingerprint density at radius 1 is 1.20 bits per heavy atom. The van der Waals surface area contributed by atoms with Crippen molar-refractivity contribution >= 4 is 37.6 Å². The molecule has 0 bridgehead atoms. The van der Waals surface area contributed by atoms with Gasteiger partial charge in [-0.15, -0.1) is 0 Å². The van der Waals surface area contributed by atoms with Gasteiger partial charge in [0.15, 0.2) is 0 Å². The lowest BCUT2D eigenvalue weighted by Gasteiger charge is -2.09. The molecule has 82 valence electrons. The van der Waals surface area contributed by atoms with Crippen LogP contribution in [0.4, 0.5) is 17.6 Å². The van der Waals surface area contributed by atoms with Crippen molar-refractivity contribution in [1.29, 1.82) is 0 Å². The van der Waals surface area contributed by atoms with Crippen molar-refractivity contribution in [2.24, 2.45) is 0 Å². The Labute approximate surface area is 98.7 Å². The van der Waals surface area contributed by atoms with E-state index in [0.717, 1.165) is 6.07 Å². The van der Waals surface area contributed by atoms with Gasteiger partial charge in [0.05, 0.1) is 5.56 Å². The molecule has 0 amide bonds. The second-order valence-corrected chi connectivity index (χ2v) is 4.19. The Hall–Kier alpha value is -0.430. The first-order valence-corrected chi connectivity index (χ1v) is 5.08. The van der Waals surface area contributed by atoms with E-state index in [9.17, 15) is 22.4 Å². The number of carbonyl (C=O) groups excluding carboxylic acids is 1. The maximum Gasteiger partial charge on any atom is 0.455 e. The van der Waals surface area contributed by atoms with Crippen LogP contribution in [0, 0.1) is 5.82 Å². The predicted octanol–water partition coefficient (Wildman–Crippen LogP) is 4.10. The molecule has 0 aliphatic heterocycles. The number of hydrogen-bond donors (Lipinski definition) is 0. The SMILES string of the molecule is O=C(c1c(F)ccc(Br)c1Br)C(F)(F)F. The number of Topliss-reactive ketones (excluding diaryl/α,β-unsaturated/α-hetero) is 1. The molecule has 1 aromatic rings. The molecule has 0 unspecified atom stereocenters. The van der Waals surface area contributed by atoms with E-state index in [-0.39, 0.29) is 8.95 Å². The first-order valence-electron chi connectivity index (χ1n) is 3.50. The summed E-state index contributed by atoms with van der Waals surface area (Å²) in [5.74, 6) is -3.43. The number of rotatable bonds is 1. The van der Waals surface area contributed by atoms with Crippen molar-refractivity contribution in [3.8, 4) is 0 Å². The Kier molecular flexibility index (Phi) is 3.55. The molecule has 1 rings (SSSR count). The average molecular weight is 350 g/mol. The summed E-state index contributed by atoms with van der Waals surface area (Å²) in [6, 6.07) is 1.99. The van der Waals surface area contributed by atoms with Gasteiger partial charge in [-0.25, -0.2) is 4.39 Å². The predicted molar refractivity (Wildman–Crippen MR) is 52.2 cm³/mol. The summed E-state index contributed by atoms with van der Waals surface area (Å²) in [6.45, 7) is 0. The lowest BCUT2D eigenvalue weighted by atomic mass is 10.1. The largest absolute Gasteiger partial charge is 0.455 e. The minimum Gasteiger partial charge on any atom is -0.284 e. The van der Waals surface area contributed by atoms with Gasteiger partial charge in [0, 0.05) is 8.95 Å². The summed E-state index contributed by atoms with van der Waals surface area (Å²) < 4.78 is 49.2. The van der Waals surface area contributed by atoms with Gasteiger partial charge in [0.2, 0.25) is 0 Å². The molecule has 0 atom stereocenters. The number of benzene rings is 1. The fourth-order valence-electron chi connectivity index (χ4n) is 0.877. The van der Waals surface area contributed by atoms with Gasteiger partial charge in [-0.1, -0.05) is 0 Å². The monoisotopic (exact) mass is 348 g/mol. The maximum atomic E-state index is 13.0. The minimum atomic E-state index is -5.09. The summed E-state index contributed by atoms with van der Waals surface area (Å²) in [7, 11) is 0. The minimum absolute atomic E-state index is 0.177. The van der Waals surface area contributed by atoms with Crippen molar-refractivity contribution in [2.75, 3.05) is 0 Å². The highest BCUT2D eigenvalue weighted by Gasteiger charge is 2.42. The highest BCUT2D eigenvalue weighted by atomic mass is 79.9. The lowest BCUT2D eigenvalue weighted by molar-refractivity contribution is -0.0888. The molecule has 0 aliphatic carbocycles. The highest BCUT2D eigenvalue weighted by Crippen LogP contribution is 2.33. The van der Waals surface area contributed by atoms with Crippen LogP contribution in [0.3, 0.4) is 0 Å². The number of alkyl halides is 3. The van der Waals surface area contributed by atoms with E-state index in [1.54, 1.807) is 0 Å². The molecule has 0 aliphatic rings. The molecule has 0 N–H and O–H groups in total. The highest BCUT2D eigenvalue weighted by molar-refractivity contribution is 9.13. The van der Waals surface area contributed by atoms with Crippen LogP contribution < -0.4 is 0 Å². The van der Waals surface area contributed by atoms with E-state index in [4.69, 9.17) is 0 Å². The van der Waals surface area contributed by atoms with E-state index in [1.165, 1.54) is 6.07 Å². The van der Waals surface area contributed by atoms with Crippen molar-refractivity contribution in [2.45, 2.75) is 6.18 Å². The molecule has 0 fully saturated rings. The second-order valence-electron chi connectivity index (χ2n) is 2.55. The van der Waals surface area contributed by atoms with Crippen molar-refractivity contribution in [1.82, 2.24) is 0 Å². The van der Waals surface area contributed by atoms with Crippen LogP contribution in [0.15, 0.2) is 21.1 Å². The van der Waals surface area contributed by atoms with Crippen LogP contribution >= 0.6 is 31.9 Å². The Bertz CT molecular complexity index is 414. The van der Waals surface area contributed by atoms with Crippen LogP contribution in [0.5, 0.6) is 0 Å². The van der Waals surface area contributed by atoms with Gasteiger partial charge < -0.3 is 0 Å². The van der Waals surface area contributed by atoms with Gasteiger partial charge in [-0.2, -0.15) is 13.2 Å². The normalized spacial score (nSPS) is 11.6. The van der Waals surface area contributed by atoms with E-state index < -0.39 is 23.3 Å². The molecular weight excluding hydrogens is 348 g/mol. The second kappa shape index (κ2) is 4.21. The summed E-state index contributed by atoms with van der Waals surface area (Å²) in [4.78, 5) is 10.8. The van der Waals surface area contributed by atoms with Gasteiger partial charge in [-0.3, -0.25) is 4.79 Å². The quantitative estimate of drug-likeness (QED) is 0.424. The Morgan fingerprint density at radius 3 is 2.20 bits per heavy atom. The standard InChI is InChI=1S/C8H2Br2F4O/c9-3-1-2-4(11)5(6(3)10)7(15)8(12,13)14/h1-2H. The lowest BCUT2D eigenvalue weighted by Crippen LogP contribution is -2.24. The van der Waals surface area contributed by atoms with Crippen LogP contribution in [-0.4, -0.2) is 12.0 Å². The van der Waals surface area contributed by atoms with Crippen molar-refractivity contribution in [3.05, 3.63) is 32.5 Å². The molecular formula is C8H2Br2F4O. The van der Waals surface area contributed by atoms with E-state index in [1.807, 2.05) is 0 Å². The molecule has 0 heterocycles. The summed E-state index contributed by atoms with van der Waals surface area (Å²) in [5, 5.41) is 0. The van der Waals surface area contributed by atoms with Crippen LogP contribution in [-0.2, 0) is 0 Å². The maximum absolute atomic E-state index is 13.0. The van der Waals surface area contributed by atoms with Crippen molar-refractivity contribution < 1.29 is 22.4 Å². The molecule has 1 aromatic carbocycles. The number of ketones is 1. The van der Waals surface area contributed by atoms with Crippen LogP contribution in [0.25, 0.3) is 0 Å². The Balaban J connectivity index is 3.38. The molecule has 0 spiro atoms. The first-order chi connectivity index (χ1) is 6.75. The van der Waals surface area contributed by atoms with Gasteiger partial charge in [0.25, 0.3) is 5.78 Å². The number of carbonyl (C=O) groups is 1. The van der Waals surface area contributed by atoms with Gasteiger partial charge in [0.1, 0.15) is 5.82 Å². The molecule has 0 saturated carbocycles. The molecule has 15 heavy (non-hydrogen) atoms. The third kappa shape index (κ3) is 2.57. The fourth-order valence-corrected chi connectivity index (χ4v) is 1.71. The van der Waals surface area contributed by atoms with Gasteiger partial charge >= 0.3 is 6.18 Å². The summed E-state index contributed by atoms with van der Waals surface area (Å²) >= 11 is 5.60. The average Bonchev–Trinajstić information content (AvgIpc) is 2.10. The van der Waals surface area contributed by atoms with E-state index in [2.05, 4.69) is 31.9 Å². The van der Waals surface area contributed by atoms with Crippen LogP contribution in [0.2, 0.25) is 0 Å². The number of halogens is 6. The zero-order chi connectivity index (χ0) is 11.8. The third-order valence-electron chi connectivity index (χ3n) is 1.53. The molecule has 0 saturated heterocycles. The van der Waals surface area contributed by atoms with E-state index in [0.29, 0.717) is 0 Å². The summed E-state index contributed by atoms with van der Waals surface area (Å²) in [5.41, 5.74) is -1.02. The topological polar surface area (TPSA) is 17.1 Å². The number of hydrogen-bond acceptors (Lipinski definition) is 1. The Morgan fingerprint density at radius 2 is 1.73 bits per heavy atom. The van der Waals surface area contributed by atoms with Crippen molar-refractivity contribution in [3.63, 3.8) is 0 Å². The molecule has 0 radical (unpaired) electrons. The van der Waals surface area contributed by atoms with E-state index >= 15 is 0 Å². The molecule has 7 heteroatoms.